The molecule has 0 bridgehead atoms. The summed E-state index contributed by atoms with van der Waals surface area (Å²) in [4.78, 5) is 0. The van der Waals surface area contributed by atoms with Gasteiger partial charge in [-0.1, -0.05) is 29.3 Å². The average Bonchev–Trinajstić information content (AvgIpc) is 2.98. The fourth-order valence-corrected chi connectivity index (χ4v) is 2.23. The molecule has 0 atom stereocenters. The molecule has 0 radical (unpaired) electrons. The third-order valence-electron chi connectivity index (χ3n) is 3.01. The Morgan fingerprint density at radius 2 is 1.94 bits per heavy atom. The second-order valence-corrected chi connectivity index (χ2v) is 5.10. The van der Waals surface area contributed by atoms with Gasteiger partial charge < -0.3 is 5.32 Å². The largest absolute Gasteiger partial charge is 0.382 e. The molecule has 1 fully saturated rings. The Morgan fingerprint density at radius 3 is 2.44 bits per heavy atom. The standard InChI is InChI=1S/C12H12Cl2N2/c13-9-2-1-3-10(14)11(9)16-8-12(4-5-12)6-7-15/h1-3,16H,4-6,8H2. The van der Waals surface area contributed by atoms with Gasteiger partial charge in [-0.15, -0.1) is 0 Å². The Morgan fingerprint density at radius 1 is 1.31 bits per heavy atom. The first-order chi connectivity index (χ1) is 7.67. The molecular formula is C12H12Cl2N2. The molecule has 84 valence electrons. The third-order valence-corrected chi connectivity index (χ3v) is 3.64. The molecule has 1 aromatic carbocycles. The molecule has 0 amide bonds. The number of anilines is 1. The monoisotopic (exact) mass is 254 g/mol. The van der Waals surface area contributed by atoms with Crippen molar-refractivity contribution in [3.8, 4) is 6.07 Å². The molecule has 1 N–H and O–H groups in total. The van der Waals surface area contributed by atoms with Gasteiger partial charge in [-0.25, -0.2) is 0 Å². The first-order valence-corrected chi connectivity index (χ1v) is 5.97. The van der Waals surface area contributed by atoms with Gasteiger partial charge in [0, 0.05) is 18.4 Å². The number of nitrogens with one attached hydrogen (secondary N) is 1. The summed E-state index contributed by atoms with van der Waals surface area (Å²) in [6.45, 7) is 0.768. The van der Waals surface area contributed by atoms with Crippen molar-refractivity contribution in [1.82, 2.24) is 0 Å². The van der Waals surface area contributed by atoms with E-state index in [-0.39, 0.29) is 5.41 Å². The van der Waals surface area contributed by atoms with Gasteiger partial charge in [0.05, 0.1) is 21.8 Å². The van der Waals surface area contributed by atoms with E-state index in [1.165, 1.54) is 0 Å². The Balaban J connectivity index is 2.03. The fourth-order valence-electron chi connectivity index (χ4n) is 1.70. The SMILES string of the molecule is N#CCC1(CNc2c(Cl)cccc2Cl)CC1. The summed E-state index contributed by atoms with van der Waals surface area (Å²) < 4.78 is 0. The van der Waals surface area contributed by atoms with Crippen LogP contribution in [0.5, 0.6) is 0 Å². The number of hydrogen-bond donors (Lipinski definition) is 1. The highest BCUT2D eigenvalue weighted by molar-refractivity contribution is 6.39. The Kier molecular flexibility index (Phi) is 3.28. The van der Waals surface area contributed by atoms with E-state index in [2.05, 4.69) is 11.4 Å². The van der Waals surface area contributed by atoms with Crippen LogP contribution in [-0.4, -0.2) is 6.54 Å². The first kappa shape index (κ1) is 11.6. The number of para-hydroxylation sites is 1. The molecule has 1 aliphatic carbocycles. The van der Waals surface area contributed by atoms with Crippen LogP contribution in [0.25, 0.3) is 0 Å². The summed E-state index contributed by atoms with van der Waals surface area (Å²) in [5.74, 6) is 0. The van der Waals surface area contributed by atoms with E-state index >= 15 is 0 Å². The van der Waals surface area contributed by atoms with Crippen molar-refractivity contribution in [2.45, 2.75) is 19.3 Å². The van der Waals surface area contributed by atoms with Gasteiger partial charge in [-0.2, -0.15) is 5.26 Å². The predicted molar refractivity (Wildman–Crippen MR) is 66.8 cm³/mol. The van der Waals surface area contributed by atoms with E-state index in [1.807, 2.05) is 6.07 Å². The lowest BCUT2D eigenvalue weighted by atomic mass is 10.0. The second-order valence-electron chi connectivity index (χ2n) is 4.29. The fraction of sp³-hybridized carbons (Fsp3) is 0.417. The van der Waals surface area contributed by atoms with Crippen molar-refractivity contribution < 1.29 is 0 Å². The van der Waals surface area contributed by atoms with Crippen LogP contribution in [0.4, 0.5) is 5.69 Å². The number of nitriles is 1. The van der Waals surface area contributed by atoms with Crippen LogP contribution in [0.2, 0.25) is 10.0 Å². The summed E-state index contributed by atoms with van der Waals surface area (Å²) in [5, 5.41) is 13.2. The molecule has 1 aliphatic rings. The van der Waals surface area contributed by atoms with Gasteiger partial charge >= 0.3 is 0 Å². The first-order valence-electron chi connectivity index (χ1n) is 5.22. The van der Waals surface area contributed by atoms with Crippen molar-refractivity contribution in [3.05, 3.63) is 28.2 Å². The summed E-state index contributed by atoms with van der Waals surface area (Å²) >= 11 is 12.1. The molecule has 0 heterocycles. The van der Waals surface area contributed by atoms with Crippen LogP contribution in [0.3, 0.4) is 0 Å². The van der Waals surface area contributed by atoms with Gasteiger partial charge in [0.25, 0.3) is 0 Å². The van der Waals surface area contributed by atoms with Crippen molar-refractivity contribution >= 4 is 28.9 Å². The molecule has 2 nitrogen and oxygen atoms in total. The summed E-state index contributed by atoms with van der Waals surface area (Å²) in [6, 6.07) is 7.66. The number of hydrogen-bond acceptors (Lipinski definition) is 2. The zero-order chi connectivity index (χ0) is 11.6. The van der Waals surface area contributed by atoms with E-state index < -0.39 is 0 Å². The topological polar surface area (TPSA) is 35.8 Å². The summed E-state index contributed by atoms with van der Waals surface area (Å²) in [7, 11) is 0. The van der Waals surface area contributed by atoms with Gasteiger partial charge in [0.15, 0.2) is 0 Å². The average molecular weight is 255 g/mol. The molecule has 0 aliphatic heterocycles. The molecule has 0 unspecified atom stereocenters. The number of nitrogens with zero attached hydrogens (tertiary/aromatic N) is 1. The lowest BCUT2D eigenvalue weighted by Crippen LogP contribution is -2.15. The van der Waals surface area contributed by atoms with Crippen LogP contribution in [0.1, 0.15) is 19.3 Å². The van der Waals surface area contributed by atoms with Crippen molar-refractivity contribution in [2.24, 2.45) is 5.41 Å². The highest BCUT2D eigenvalue weighted by Crippen LogP contribution is 2.48. The normalized spacial score (nSPS) is 16.6. The number of benzene rings is 1. The molecule has 16 heavy (non-hydrogen) atoms. The highest BCUT2D eigenvalue weighted by Gasteiger charge is 2.42. The maximum absolute atomic E-state index is 8.72. The number of halogens is 2. The highest BCUT2D eigenvalue weighted by atomic mass is 35.5. The van der Waals surface area contributed by atoms with Crippen LogP contribution >= 0.6 is 23.2 Å². The lowest BCUT2D eigenvalue weighted by Gasteiger charge is -2.15. The van der Waals surface area contributed by atoms with Gasteiger partial charge in [-0.05, 0) is 25.0 Å². The minimum absolute atomic E-state index is 0.150. The molecule has 0 aromatic heterocycles. The van der Waals surface area contributed by atoms with Crippen molar-refractivity contribution in [2.75, 3.05) is 11.9 Å². The van der Waals surface area contributed by atoms with E-state index in [1.54, 1.807) is 12.1 Å². The minimum atomic E-state index is 0.150. The maximum atomic E-state index is 8.72. The molecule has 0 saturated heterocycles. The van der Waals surface area contributed by atoms with E-state index in [0.717, 1.165) is 25.1 Å². The summed E-state index contributed by atoms with van der Waals surface area (Å²) in [5.41, 5.74) is 0.923. The van der Waals surface area contributed by atoms with Gasteiger partial charge in [0.2, 0.25) is 0 Å². The minimum Gasteiger partial charge on any atom is -0.382 e. The van der Waals surface area contributed by atoms with Gasteiger partial charge in [-0.3, -0.25) is 0 Å². The van der Waals surface area contributed by atoms with E-state index in [0.29, 0.717) is 16.5 Å². The Bertz CT molecular complexity index is 413. The molecule has 0 spiro atoms. The van der Waals surface area contributed by atoms with E-state index in [4.69, 9.17) is 28.5 Å². The summed E-state index contributed by atoms with van der Waals surface area (Å²) in [6.07, 6.45) is 2.81. The maximum Gasteiger partial charge on any atom is 0.0719 e. The predicted octanol–water partition coefficient (Wildman–Crippen LogP) is 4.10. The van der Waals surface area contributed by atoms with Crippen LogP contribution in [0, 0.1) is 16.7 Å². The van der Waals surface area contributed by atoms with Crippen molar-refractivity contribution in [1.29, 1.82) is 5.26 Å². The molecule has 1 aromatic rings. The van der Waals surface area contributed by atoms with E-state index in [9.17, 15) is 0 Å². The smallest absolute Gasteiger partial charge is 0.0719 e. The third kappa shape index (κ3) is 2.42. The molecule has 2 rings (SSSR count). The molecular weight excluding hydrogens is 243 g/mol. The Hall–Kier alpha value is -0.910. The van der Waals surface area contributed by atoms with Gasteiger partial charge in [0.1, 0.15) is 0 Å². The number of rotatable bonds is 4. The zero-order valence-corrected chi connectivity index (χ0v) is 10.3. The lowest BCUT2D eigenvalue weighted by molar-refractivity contribution is 0.557. The Labute approximate surface area is 105 Å². The van der Waals surface area contributed by atoms with Crippen molar-refractivity contribution in [3.63, 3.8) is 0 Å². The van der Waals surface area contributed by atoms with Crippen LogP contribution in [0.15, 0.2) is 18.2 Å². The quantitative estimate of drug-likeness (QED) is 0.879. The molecule has 4 heteroatoms. The van der Waals surface area contributed by atoms with Crippen LogP contribution in [-0.2, 0) is 0 Å². The molecule has 1 saturated carbocycles. The zero-order valence-electron chi connectivity index (χ0n) is 8.76. The van der Waals surface area contributed by atoms with Crippen LogP contribution < -0.4 is 5.32 Å². The second kappa shape index (κ2) is 4.53.